The number of ether oxygens (including phenoxy) is 1. The molecule has 1 unspecified atom stereocenters. The molecule has 1 aliphatic heterocycles. The number of rotatable bonds is 6. The molecule has 3 rings (SSSR count). The number of carbonyl (C=O) groups is 2. The van der Waals surface area contributed by atoms with Gasteiger partial charge in [-0.1, -0.05) is 42.5 Å². The predicted molar refractivity (Wildman–Crippen MR) is 94.6 cm³/mol. The van der Waals surface area contributed by atoms with E-state index in [1.807, 2.05) is 42.5 Å². The Morgan fingerprint density at radius 3 is 2.44 bits per heavy atom. The second kappa shape index (κ2) is 7.94. The zero-order valence-electron chi connectivity index (χ0n) is 14.1. The highest BCUT2D eigenvalue weighted by Crippen LogP contribution is 2.22. The van der Waals surface area contributed by atoms with Crippen molar-refractivity contribution in [2.24, 2.45) is 5.73 Å². The van der Waals surface area contributed by atoms with Crippen LogP contribution in [0, 0.1) is 0 Å². The van der Waals surface area contributed by atoms with Crippen LogP contribution in [0.1, 0.15) is 34.3 Å². The highest BCUT2D eigenvalue weighted by atomic mass is 16.5. The third kappa shape index (κ3) is 4.45. The molecule has 5 nitrogen and oxygen atoms in total. The van der Waals surface area contributed by atoms with Gasteiger partial charge in [0.15, 0.2) is 0 Å². The summed E-state index contributed by atoms with van der Waals surface area (Å²) in [4.78, 5) is 25.7. The topological polar surface area (TPSA) is 72.6 Å². The standard InChI is InChI=1S/C20H22N2O3/c21-19(23)17-10-8-15(9-11-17)13-22-12-4-7-18(22)20(24)25-14-16-5-2-1-3-6-16/h1-3,5-6,8-11,18H,4,7,12-14H2,(H2,21,23). The van der Waals surface area contributed by atoms with E-state index in [0.29, 0.717) is 18.7 Å². The van der Waals surface area contributed by atoms with Gasteiger partial charge in [0.25, 0.3) is 0 Å². The number of amides is 1. The van der Waals surface area contributed by atoms with E-state index in [4.69, 9.17) is 10.5 Å². The van der Waals surface area contributed by atoms with E-state index in [1.54, 1.807) is 12.1 Å². The number of primary amides is 1. The van der Waals surface area contributed by atoms with E-state index >= 15 is 0 Å². The summed E-state index contributed by atoms with van der Waals surface area (Å²) in [6.07, 6.45) is 1.79. The third-order valence-electron chi connectivity index (χ3n) is 4.48. The first-order valence-electron chi connectivity index (χ1n) is 8.47. The molecule has 0 saturated carbocycles. The molecular formula is C20H22N2O3. The number of benzene rings is 2. The van der Waals surface area contributed by atoms with Crippen LogP contribution in [0.3, 0.4) is 0 Å². The van der Waals surface area contributed by atoms with Crippen LogP contribution in [0.5, 0.6) is 0 Å². The molecule has 1 amide bonds. The molecule has 0 aliphatic carbocycles. The van der Waals surface area contributed by atoms with Crippen molar-refractivity contribution in [3.05, 3.63) is 71.3 Å². The SMILES string of the molecule is NC(=O)c1ccc(CN2CCCC2C(=O)OCc2ccccc2)cc1. The Bertz CT molecular complexity index is 728. The van der Waals surface area contributed by atoms with Gasteiger partial charge in [0.2, 0.25) is 5.91 Å². The number of carbonyl (C=O) groups excluding carboxylic acids is 2. The normalized spacial score (nSPS) is 17.4. The number of esters is 1. The van der Waals surface area contributed by atoms with Gasteiger partial charge < -0.3 is 10.5 Å². The summed E-state index contributed by atoms with van der Waals surface area (Å²) in [7, 11) is 0. The molecule has 1 saturated heterocycles. The molecule has 1 fully saturated rings. The lowest BCUT2D eigenvalue weighted by atomic mass is 10.1. The Labute approximate surface area is 147 Å². The summed E-state index contributed by atoms with van der Waals surface area (Å²) in [6, 6.07) is 16.7. The van der Waals surface area contributed by atoms with Crippen LogP contribution in [0.25, 0.3) is 0 Å². The molecule has 2 aromatic rings. The molecule has 2 aromatic carbocycles. The summed E-state index contributed by atoms with van der Waals surface area (Å²) < 4.78 is 5.49. The van der Waals surface area contributed by atoms with E-state index in [1.165, 1.54) is 0 Å². The number of nitrogens with zero attached hydrogens (tertiary/aromatic N) is 1. The Hall–Kier alpha value is -2.66. The van der Waals surface area contributed by atoms with Gasteiger partial charge in [0, 0.05) is 12.1 Å². The smallest absolute Gasteiger partial charge is 0.323 e. The van der Waals surface area contributed by atoms with Gasteiger partial charge in [-0.15, -0.1) is 0 Å². The molecule has 130 valence electrons. The van der Waals surface area contributed by atoms with E-state index in [9.17, 15) is 9.59 Å². The number of likely N-dealkylation sites (tertiary alicyclic amines) is 1. The number of nitrogens with two attached hydrogens (primary N) is 1. The summed E-state index contributed by atoms with van der Waals surface area (Å²) in [5.41, 5.74) is 7.79. The van der Waals surface area contributed by atoms with Gasteiger partial charge in [0.05, 0.1) is 0 Å². The molecule has 1 aliphatic rings. The molecule has 0 bridgehead atoms. The van der Waals surface area contributed by atoms with Gasteiger partial charge in [-0.25, -0.2) is 0 Å². The molecule has 1 heterocycles. The fraction of sp³-hybridized carbons (Fsp3) is 0.300. The molecule has 5 heteroatoms. The van der Waals surface area contributed by atoms with Crippen LogP contribution in [0.15, 0.2) is 54.6 Å². The van der Waals surface area contributed by atoms with Gasteiger partial charge in [0.1, 0.15) is 12.6 Å². The summed E-state index contributed by atoms with van der Waals surface area (Å²) in [6.45, 7) is 1.82. The van der Waals surface area contributed by atoms with Crippen molar-refractivity contribution < 1.29 is 14.3 Å². The van der Waals surface area contributed by atoms with Crippen LogP contribution in [-0.4, -0.2) is 29.4 Å². The van der Waals surface area contributed by atoms with Gasteiger partial charge in [-0.05, 0) is 42.6 Å². The monoisotopic (exact) mass is 338 g/mol. The van der Waals surface area contributed by atoms with E-state index in [-0.39, 0.29) is 12.0 Å². The van der Waals surface area contributed by atoms with Crippen molar-refractivity contribution in [3.63, 3.8) is 0 Å². The van der Waals surface area contributed by atoms with Crippen molar-refractivity contribution in [2.75, 3.05) is 6.54 Å². The fourth-order valence-corrected chi connectivity index (χ4v) is 3.12. The zero-order chi connectivity index (χ0) is 17.6. The molecule has 25 heavy (non-hydrogen) atoms. The first kappa shape index (κ1) is 17.2. The average molecular weight is 338 g/mol. The Kier molecular flexibility index (Phi) is 5.46. The van der Waals surface area contributed by atoms with Gasteiger partial charge in [-0.3, -0.25) is 14.5 Å². The first-order chi connectivity index (χ1) is 12.1. The maximum absolute atomic E-state index is 12.4. The Morgan fingerprint density at radius 1 is 1.04 bits per heavy atom. The van der Waals surface area contributed by atoms with Crippen LogP contribution < -0.4 is 5.73 Å². The highest BCUT2D eigenvalue weighted by Gasteiger charge is 2.31. The second-order valence-electron chi connectivity index (χ2n) is 6.28. The molecule has 0 aromatic heterocycles. The fourth-order valence-electron chi connectivity index (χ4n) is 3.12. The maximum atomic E-state index is 12.4. The highest BCUT2D eigenvalue weighted by molar-refractivity contribution is 5.92. The first-order valence-corrected chi connectivity index (χ1v) is 8.47. The van der Waals surface area contributed by atoms with Crippen LogP contribution >= 0.6 is 0 Å². The lowest BCUT2D eigenvalue weighted by Gasteiger charge is -2.23. The van der Waals surface area contributed by atoms with Gasteiger partial charge in [-0.2, -0.15) is 0 Å². The largest absolute Gasteiger partial charge is 0.460 e. The van der Waals surface area contributed by atoms with Crippen molar-refractivity contribution in [1.82, 2.24) is 4.90 Å². The van der Waals surface area contributed by atoms with Crippen molar-refractivity contribution in [1.29, 1.82) is 0 Å². The Balaban J connectivity index is 1.58. The molecular weight excluding hydrogens is 316 g/mol. The maximum Gasteiger partial charge on any atom is 0.323 e. The quantitative estimate of drug-likeness (QED) is 0.822. The van der Waals surface area contributed by atoms with Crippen molar-refractivity contribution in [2.45, 2.75) is 32.0 Å². The lowest BCUT2D eigenvalue weighted by molar-refractivity contribution is -0.150. The van der Waals surface area contributed by atoms with Gasteiger partial charge >= 0.3 is 5.97 Å². The second-order valence-corrected chi connectivity index (χ2v) is 6.28. The van der Waals surface area contributed by atoms with E-state index < -0.39 is 5.91 Å². The predicted octanol–water partition coefficient (Wildman–Crippen LogP) is 2.49. The minimum Gasteiger partial charge on any atom is -0.460 e. The summed E-state index contributed by atoms with van der Waals surface area (Å²) in [5.74, 6) is -0.606. The molecule has 1 atom stereocenters. The minimum absolute atomic E-state index is 0.171. The lowest BCUT2D eigenvalue weighted by Crippen LogP contribution is -2.36. The summed E-state index contributed by atoms with van der Waals surface area (Å²) >= 11 is 0. The number of hydrogen-bond donors (Lipinski definition) is 1. The van der Waals surface area contributed by atoms with Crippen LogP contribution in [-0.2, 0) is 22.7 Å². The average Bonchev–Trinajstić information content (AvgIpc) is 3.09. The molecule has 0 radical (unpaired) electrons. The van der Waals surface area contributed by atoms with Crippen molar-refractivity contribution >= 4 is 11.9 Å². The van der Waals surface area contributed by atoms with E-state index in [2.05, 4.69) is 4.90 Å². The summed E-state index contributed by atoms with van der Waals surface area (Å²) in [5, 5.41) is 0. The zero-order valence-corrected chi connectivity index (χ0v) is 14.1. The molecule has 2 N–H and O–H groups in total. The van der Waals surface area contributed by atoms with E-state index in [0.717, 1.165) is 30.5 Å². The minimum atomic E-state index is -0.435. The Morgan fingerprint density at radius 2 is 1.76 bits per heavy atom. The van der Waals surface area contributed by atoms with Crippen LogP contribution in [0.2, 0.25) is 0 Å². The van der Waals surface area contributed by atoms with Crippen LogP contribution in [0.4, 0.5) is 0 Å². The third-order valence-corrected chi connectivity index (χ3v) is 4.48. The number of hydrogen-bond acceptors (Lipinski definition) is 4. The van der Waals surface area contributed by atoms with Crippen molar-refractivity contribution in [3.8, 4) is 0 Å². The molecule has 0 spiro atoms.